The third-order valence-electron chi connectivity index (χ3n) is 1.76. The Kier molecular flexibility index (Phi) is 4.12. The third kappa shape index (κ3) is 3.69. The average molecular weight is 321 g/mol. The Morgan fingerprint density at radius 3 is 2.41 bits per heavy atom. The van der Waals surface area contributed by atoms with Crippen LogP contribution < -0.4 is 10.5 Å². The molecule has 1 aromatic rings. The quantitative estimate of drug-likeness (QED) is 0.686. The van der Waals surface area contributed by atoms with Crippen LogP contribution in [-0.2, 0) is 5.33 Å². The Hall–Kier alpha value is -1.12. The van der Waals surface area contributed by atoms with Crippen molar-refractivity contribution in [3.63, 3.8) is 0 Å². The van der Waals surface area contributed by atoms with E-state index < -0.39 is 30.0 Å². The van der Waals surface area contributed by atoms with Gasteiger partial charge in [0.05, 0.1) is 0 Å². The molecule has 1 heterocycles. The Balaban J connectivity index is 3.20. The summed E-state index contributed by atoms with van der Waals surface area (Å²) in [5, 5.41) is -0.0438. The Labute approximate surface area is 101 Å². The second-order valence-corrected chi connectivity index (χ2v) is 3.46. The summed E-state index contributed by atoms with van der Waals surface area (Å²) in [6, 6.07) is 0.519. The van der Waals surface area contributed by atoms with E-state index in [-0.39, 0.29) is 10.9 Å². The van der Waals surface area contributed by atoms with Crippen LogP contribution in [0.25, 0.3) is 0 Å². The van der Waals surface area contributed by atoms with E-state index in [1.165, 1.54) is 0 Å². The van der Waals surface area contributed by atoms with Gasteiger partial charge in [0.15, 0.2) is 0 Å². The van der Waals surface area contributed by atoms with Crippen LogP contribution in [-0.4, -0.2) is 11.3 Å². The molecule has 1 aromatic heterocycles. The number of aromatic nitrogens is 1. The molecule has 2 N–H and O–H groups in total. The molecule has 96 valence electrons. The van der Waals surface area contributed by atoms with E-state index in [0.29, 0.717) is 6.07 Å². The topological polar surface area (TPSA) is 48.1 Å². The van der Waals surface area contributed by atoms with E-state index in [0.717, 1.165) is 0 Å². The number of rotatable bonds is 3. The standard InChI is InChI=1S/C8H6BrF5N2O/c9-2-4-3(6(10)11)1-5(16-7(4)15)17-8(12,13)14/h1,6H,2H2,(H2,15,16). The van der Waals surface area contributed by atoms with Gasteiger partial charge < -0.3 is 10.5 Å². The third-order valence-corrected chi connectivity index (χ3v) is 2.32. The molecule has 0 radical (unpaired) electrons. The summed E-state index contributed by atoms with van der Waals surface area (Å²) in [6.07, 6.45) is -7.97. The lowest BCUT2D eigenvalue weighted by Crippen LogP contribution is -2.19. The highest BCUT2D eigenvalue weighted by atomic mass is 79.9. The SMILES string of the molecule is Nc1nc(OC(F)(F)F)cc(C(F)F)c1CBr. The predicted octanol–water partition coefficient (Wildman–Crippen LogP) is 3.39. The summed E-state index contributed by atoms with van der Waals surface area (Å²) in [5.41, 5.74) is 4.56. The van der Waals surface area contributed by atoms with E-state index >= 15 is 0 Å². The molecule has 0 aliphatic rings. The van der Waals surface area contributed by atoms with E-state index in [1.807, 2.05) is 0 Å². The number of anilines is 1. The van der Waals surface area contributed by atoms with Crippen molar-refractivity contribution in [1.82, 2.24) is 4.98 Å². The summed E-state index contributed by atoms with van der Waals surface area (Å²) in [4.78, 5) is 3.24. The zero-order chi connectivity index (χ0) is 13.2. The molecule has 0 saturated carbocycles. The molecule has 17 heavy (non-hydrogen) atoms. The second-order valence-electron chi connectivity index (χ2n) is 2.90. The van der Waals surface area contributed by atoms with E-state index in [2.05, 4.69) is 25.7 Å². The van der Waals surface area contributed by atoms with Gasteiger partial charge in [-0.15, -0.1) is 13.2 Å². The average Bonchev–Trinajstić information content (AvgIpc) is 2.13. The summed E-state index contributed by atoms with van der Waals surface area (Å²) in [7, 11) is 0. The van der Waals surface area contributed by atoms with Crippen molar-refractivity contribution >= 4 is 21.7 Å². The molecule has 3 nitrogen and oxygen atoms in total. The van der Waals surface area contributed by atoms with Crippen LogP contribution in [0.2, 0.25) is 0 Å². The molecule has 0 amide bonds. The maximum Gasteiger partial charge on any atom is 0.574 e. The van der Waals surface area contributed by atoms with E-state index in [1.54, 1.807) is 0 Å². The zero-order valence-electron chi connectivity index (χ0n) is 8.06. The predicted molar refractivity (Wildman–Crippen MR) is 52.9 cm³/mol. The van der Waals surface area contributed by atoms with Gasteiger partial charge in [-0.2, -0.15) is 4.98 Å². The molecule has 0 fully saturated rings. The van der Waals surface area contributed by atoms with Gasteiger partial charge in [0.1, 0.15) is 5.82 Å². The maximum atomic E-state index is 12.6. The summed E-state index contributed by atoms with van der Waals surface area (Å²) < 4.78 is 64.2. The van der Waals surface area contributed by atoms with Crippen LogP contribution in [0.5, 0.6) is 5.88 Å². The molecule has 0 atom stereocenters. The van der Waals surface area contributed by atoms with Crippen molar-refractivity contribution in [2.75, 3.05) is 5.73 Å². The molecule has 0 saturated heterocycles. The van der Waals surface area contributed by atoms with Crippen molar-refractivity contribution in [2.24, 2.45) is 0 Å². The number of hydrogen-bond donors (Lipinski definition) is 1. The van der Waals surface area contributed by atoms with Gasteiger partial charge in [-0.1, -0.05) is 15.9 Å². The molecule has 0 bridgehead atoms. The molecule has 0 spiro atoms. The minimum Gasteiger partial charge on any atom is -0.388 e. The second kappa shape index (κ2) is 5.03. The summed E-state index contributed by atoms with van der Waals surface area (Å²) >= 11 is 2.90. The van der Waals surface area contributed by atoms with Gasteiger partial charge in [-0.05, 0) is 0 Å². The number of pyridine rings is 1. The van der Waals surface area contributed by atoms with Gasteiger partial charge in [0, 0.05) is 22.5 Å². The largest absolute Gasteiger partial charge is 0.574 e. The molecule has 1 rings (SSSR count). The highest BCUT2D eigenvalue weighted by Crippen LogP contribution is 2.32. The lowest BCUT2D eigenvalue weighted by Gasteiger charge is -2.13. The number of alkyl halides is 6. The van der Waals surface area contributed by atoms with Crippen LogP contribution in [0.3, 0.4) is 0 Å². The van der Waals surface area contributed by atoms with Gasteiger partial charge in [0.25, 0.3) is 6.43 Å². The van der Waals surface area contributed by atoms with Crippen molar-refractivity contribution in [1.29, 1.82) is 0 Å². The first-order valence-corrected chi connectivity index (χ1v) is 5.26. The van der Waals surface area contributed by atoms with Crippen LogP contribution in [0, 0.1) is 0 Å². The monoisotopic (exact) mass is 320 g/mol. The minimum absolute atomic E-state index is 0.0438. The molecule has 0 unspecified atom stereocenters. The van der Waals surface area contributed by atoms with E-state index in [9.17, 15) is 22.0 Å². The van der Waals surface area contributed by atoms with Crippen molar-refractivity contribution in [3.05, 3.63) is 17.2 Å². The highest BCUT2D eigenvalue weighted by molar-refractivity contribution is 9.08. The number of ether oxygens (including phenoxy) is 1. The molecular formula is C8H6BrF5N2O. The normalized spacial score (nSPS) is 11.9. The molecule has 0 aliphatic heterocycles. The van der Waals surface area contributed by atoms with Gasteiger partial charge >= 0.3 is 6.36 Å². The van der Waals surface area contributed by atoms with Crippen LogP contribution >= 0.6 is 15.9 Å². The minimum atomic E-state index is -5.01. The Bertz CT molecular complexity index is 410. The fourth-order valence-electron chi connectivity index (χ4n) is 1.10. The highest BCUT2D eigenvalue weighted by Gasteiger charge is 2.32. The van der Waals surface area contributed by atoms with E-state index in [4.69, 9.17) is 5.73 Å². The van der Waals surface area contributed by atoms with Crippen molar-refractivity contribution in [2.45, 2.75) is 18.1 Å². The fourth-order valence-corrected chi connectivity index (χ4v) is 1.71. The first-order chi connectivity index (χ1) is 7.74. The molecule has 9 heteroatoms. The lowest BCUT2D eigenvalue weighted by molar-refractivity contribution is -0.276. The number of nitrogens with zero attached hydrogens (tertiary/aromatic N) is 1. The van der Waals surface area contributed by atoms with Gasteiger partial charge in [0.2, 0.25) is 5.88 Å². The molecular weight excluding hydrogens is 315 g/mol. The summed E-state index contributed by atoms with van der Waals surface area (Å²) in [5.74, 6) is -1.44. The number of nitrogen functional groups attached to an aromatic ring is 1. The molecule has 0 aromatic carbocycles. The lowest BCUT2D eigenvalue weighted by atomic mass is 10.1. The fraction of sp³-hybridized carbons (Fsp3) is 0.375. The first kappa shape index (κ1) is 13.9. The van der Waals surface area contributed by atoms with Crippen molar-refractivity contribution in [3.8, 4) is 5.88 Å². The first-order valence-electron chi connectivity index (χ1n) is 4.13. The van der Waals surface area contributed by atoms with Crippen LogP contribution in [0.4, 0.5) is 27.8 Å². The summed E-state index contributed by atoms with van der Waals surface area (Å²) in [6.45, 7) is 0. The van der Waals surface area contributed by atoms with Crippen LogP contribution in [0.1, 0.15) is 17.6 Å². The van der Waals surface area contributed by atoms with Crippen molar-refractivity contribution < 1.29 is 26.7 Å². The Morgan fingerprint density at radius 2 is 2.00 bits per heavy atom. The zero-order valence-corrected chi connectivity index (χ0v) is 9.65. The van der Waals surface area contributed by atoms with Gasteiger partial charge in [-0.3, -0.25) is 0 Å². The Morgan fingerprint density at radius 1 is 1.41 bits per heavy atom. The van der Waals surface area contributed by atoms with Gasteiger partial charge in [-0.25, -0.2) is 8.78 Å². The number of nitrogens with two attached hydrogens (primary N) is 1. The number of hydrogen-bond acceptors (Lipinski definition) is 3. The van der Waals surface area contributed by atoms with Crippen LogP contribution in [0.15, 0.2) is 6.07 Å². The molecule has 0 aliphatic carbocycles. The number of halogens is 6. The smallest absolute Gasteiger partial charge is 0.388 e. The maximum absolute atomic E-state index is 12.6.